The summed E-state index contributed by atoms with van der Waals surface area (Å²) in [5.74, 6) is 0. The third-order valence-corrected chi connectivity index (χ3v) is 15.3. The monoisotopic (exact) mass is 1010 g/mol. The molecule has 0 aliphatic rings. The van der Waals surface area contributed by atoms with Gasteiger partial charge in [0.15, 0.2) is 0 Å². The normalized spacial score (nSPS) is 12.2. The quantitative estimate of drug-likeness (QED) is 0.0841. The van der Waals surface area contributed by atoms with Gasteiger partial charge in [-0.25, -0.2) is 0 Å². The first-order valence-electron chi connectivity index (χ1n) is 21.1. The standard InChI is InChI=1S/C54H38O12S4/c55-67(56,57)43-23-15-35(16-24-43)47-31-33-49(37-19-27-45(28-20-37)69(61,62)63)53(51(47)39-7-3-1-4-8-39)41-11-13-42(14-12-41)54-50(38-21-29-46(30-22-38)70(64,65)66)34-32-48(52(54)40-9-5-2-6-10-40)36-17-25-44(26-18-36)68(58,59)60/h1-34H,(H,55,56,57)(H,58,59,60)(H,61,62,63)(H,64,65,66). The molecular weight excluding hydrogens is 969 g/mol. The van der Waals surface area contributed by atoms with Gasteiger partial charge in [-0.15, -0.1) is 0 Å². The van der Waals surface area contributed by atoms with Gasteiger partial charge in [0.25, 0.3) is 40.5 Å². The number of benzene rings is 9. The van der Waals surface area contributed by atoms with Crippen molar-refractivity contribution in [3.8, 4) is 89.0 Å². The molecule has 0 fully saturated rings. The highest BCUT2D eigenvalue weighted by Gasteiger charge is 2.24. The minimum absolute atomic E-state index is 0.285. The molecule has 0 aliphatic carbocycles. The van der Waals surface area contributed by atoms with Crippen molar-refractivity contribution in [3.05, 3.63) is 206 Å². The van der Waals surface area contributed by atoms with Crippen LogP contribution in [0.3, 0.4) is 0 Å². The summed E-state index contributed by atoms with van der Waals surface area (Å²) in [7, 11) is -18.0. The molecule has 0 atom stereocenters. The van der Waals surface area contributed by atoms with E-state index in [9.17, 15) is 51.9 Å². The molecule has 0 heterocycles. The molecule has 0 aromatic heterocycles. The second-order valence-electron chi connectivity index (χ2n) is 16.1. The van der Waals surface area contributed by atoms with E-state index in [2.05, 4.69) is 0 Å². The van der Waals surface area contributed by atoms with Gasteiger partial charge < -0.3 is 0 Å². The molecule has 9 aromatic carbocycles. The number of hydrogen-bond donors (Lipinski definition) is 4. The van der Waals surface area contributed by atoms with Gasteiger partial charge in [0, 0.05) is 0 Å². The summed E-state index contributed by atoms with van der Waals surface area (Å²) < 4.78 is 136. The molecule has 0 amide bonds. The summed E-state index contributed by atoms with van der Waals surface area (Å²) in [6.07, 6.45) is 0. The Balaban J connectivity index is 1.33. The SMILES string of the molecule is O=S(=O)(O)c1ccc(-c2ccc(-c3ccc(S(=O)(=O)O)cc3)c(-c3ccc(-c4c(-c5ccc(S(=O)(=O)O)cc5)ccc(-c5ccc(S(=O)(=O)O)cc5)c4-c4ccccc4)cc3)c2-c2ccccc2)cc1. The van der Waals surface area contributed by atoms with Crippen LogP contribution in [-0.4, -0.2) is 51.9 Å². The average Bonchev–Trinajstić information content (AvgIpc) is 3.35. The average molecular weight is 1010 g/mol. The van der Waals surface area contributed by atoms with Crippen molar-refractivity contribution >= 4 is 40.5 Å². The van der Waals surface area contributed by atoms with E-state index in [1.165, 1.54) is 48.5 Å². The number of rotatable bonds is 12. The molecule has 0 aliphatic heterocycles. The predicted octanol–water partition coefficient (Wildman–Crippen LogP) is 12.0. The predicted molar refractivity (Wildman–Crippen MR) is 269 cm³/mol. The van der Waals surface area contributed by atoms with Gasteiger partial charge in [0.2, 0.25) is 0 Å². The van der Waals surface area contributed by atoms with Crippen LogP contribution in [0.5, 0.6) is 0 Å². The zero-order valence-electron chi connectivity index (χ0n) is 36.3. The van der Waals surface area contributed by atoms with Gasteiger partial charge >= 0.3 is 0 Å². The zero-order chi connectivity index (χ0) is 49.6. The van der Waals surface area contributed by atoms with Crippen LogP contribution in [0.2, 0.25) is 0 Å². The number of hydrogen-bond acceptors (Lipinski definition) is 8. The lowest BCUT2D eigenvalue weighted by Crippen LogP contribution is -1.99. The lowest BCUT2D eigenvalue weighted by molar-refractivity contribution is 0.481. The highest BCUT2D eigenvalue weighted by atomic mass is 32.2. The Morgan fingerprint density at radius 1 is 0.200 bits per heavy atom. The minimum atomic E-state index is -4.52. The lowest BCUT2D eigenvalue weighted by Gasteiger charge is -2.23. The van der Waals surface area contributed by atoms with Crippen molar-refractivity contribution in [2.24, 2.45) is 0 Å². The van der Waals surface area contributed by atoms with E-state index >= 15 is 0 Å². The molecule has 16 heteroatoms. The molecule has 9 aromatic rings. The second kappa shape index (κ2) is 18.5. The fourth-order valence-electron chi connectivity index (χ4n) is 8.61. The van der Waals surface area contributed by atoms with Gasteiger partial charge in [-0.3, -0.25) is 18.2 Å². The fourth-order valence-corrected chi connectivity index (χ4v) is 10.5. The van der Waals surface area contributed by atoms with Crippen LogP contribution in [0.25, 0.3) is 89.0 Å². The molecule has 0 saturated carbocycles. The van der Waals surface area contributed by atoms with Crippen molar-refractivity contribution in [3.63, 3.8) is 0 Å². The minimum Gasteiger partial charge on any atom is -0.282 e. The van der Waals surface area contributed by atoms with Crippen molar-refractivity contribution in [2.75, 3.05) is 0 Å². The Morgan fingerprint density at radius 3 is 0.557 bits per heavy atom. The van der Waals surface area contributed by atoms with E-state index in [1.54, 1.807) is 48.5 Å². The van der Waals surface area contributed by atoms with Gasteiger partial charge in [0.05, 0.1) is 19.6 Å². The largest absolute Gasteiger partial charge is 0.294 e. The first-order valence-corrected chi connectivity index (χ1v) is 26.9. The van der Waals surface area contributed by atoms with E-state index in [1.807, 2.05) is 109 Å². The van der Waals surface area contributed by atoms with Crippen LogP contribution < -0.4 is 0 Å². The first kappa shape index (κ1) is 47.7. The Hall–Kier alpha value is -7.38. The summed E-state index contributed by atoms with van der Waals surface area (Å²) in [5.41, 5.74) is 11.0. The Bertz CT molecular complexity index is 3640. The van der Waals surface area contributed by atoms with E-state index in [0.717, 1.165) is 22.3 Å². The third kappa shape index (κ3) is 9.76. The van der Waals surface area contributed by atoms with Gasteiger partial charge in [-0.05, 0) is 138 Å². The second-order valence-corrected chi connectivity index (χ2v) is 21.8. The Morgan fingerprint density at radius 2 is 0.371 bits per heavy atom. The zero-order valence-corrected chi connectivity index (χ0v) is 39.6. The molecular formula is C54H38O12S4. The lowest BCUT2D eigenvalue weighted by atomic mass is 9.81. The maximum absolute atomic E-state index is 12.1. The maximum Gasteiger partial charge on any atom is 0.294 e. The summed E-state index contributed by atoms with van der Waals surface area (Å²) in [5, 5.41) is 0. The van der Waals surface area contributed by atoms with Crippen LogP contribution in [0.4, 0.5) is 0 Å². The van der Waals surface area contributed by atoms with E-state index in [0.29, 0.717) is 66.8 Å². The molecule has 0 unspecified atom stereocenters. The van der Waals surface area contributed by atoms with Crippen LogP contribution >= 0.6 is 0 Å². The summed E-state index contributed by atoms with van der Waals surface area (Å²) >= 11 is 0. The Labute approximate surface area is 404 Å². The third-order valence-electron chi connectivity index (χ3n) is 11.9. The van der Waals surface area contributed by atoms with Gasteiger partial charge in [0.1, 0.15) is 0 Å². The summed E-state index contributed by atoms with van der Waals surface area (Å²) in [6, 6.07) is 57.3. The molecule has 12 nitrogen and oxygen atoms in total. The molecule has 350 valence electrons. The van der Waals surface area contributed by atoms with Crippen LogP contribution in [0.15, 0.2) is 226 Å². The molecule has 0 spiro atoms. The van der Waals surface area contributed by atoms with Crippen molar-refractivity contribution < 1.29 is 51.9 Å². The van der Waals surface area contributed by atoms with E-state index < -0.39 is 40.5 Å². The summed E-state index contributed by atoms with van der Waals surface area (Å²) in [4.78, 5) is -1.16. The molecule has 0 radical (unpaired) electrons. The van der Waals surface area contributed by atoms with Gasteiger partial charge in [-0.1, -0.05) is 158 Å². The van der Waals surface area contributed by atoms with Crippen molar-refractivity contribution in [2.45, 2.75) is 19.6 Å². The maximum atomic E-state index is 12.1. The molecule has 9 rings (SSSR count). The van der Waals surface area contributed by atoms with E-state index in [-0.39, 0.29) is 19.6 Å². The topological polar surface area (TPSA) is 217 Å². The molecule has 70 heavy (non-hydrogen) atoms. The molecule has 0 bridgehead atoms. The van der Waals surface area contributed by atoms with Crippen LogP contribution in [0, 0.1) is 0 Å². The van der Waals surface area contributed by atoms with Crippen LogP contribution in [-0.2, 0) is 40.5 Å². The van der Waals surface area contributed by atoms with Gasteiger partial charge in [-0.2, -0.15) is 33.7 Å². The van der Waals surface area contributed by atoms with Crippen LogP contribution in [0.1, 0.15) is 0 Å². The summed E-state index contributed by atoms with van der Waals surface area (Å²) in [6.45, 7) is 0. The smallest absolute Gasteiger partial charge is 0.282 e. The van der Waals surface area contributed by atoms with Crippen molar-refractivity contribution in [1.82, 2.24) is 0 Å². The fraction of sp³-hybridized carbons (Fsp3) is 0. The van der Waals surface area contributed by atoms with E-state index in [4.69, 9.17) is 0 Å². The highest BCUT2D eigenvalue weighted by molar-refractivity contribution is 7.86. The Kier molecular flexibility index (Phi) is 12.6. The highest BCUT2D eigenvalue weighted by Crippen LogP contribution is 2.49. The first-order chi connectivity index (χ1) is 33.3. The molecule has 0 saturated heterocycles. The molecule has 4 N–H and O–H groups in total. The van der Waals surface area contributed by atoms with Crippen molar-refractivity contribution in [1.29, 1.82) is 0 Å².